The summed E-state index contributed by atoms with van der Waals surface area (Å²) in [4.78, 5) is 16.3. The van der Waals surface area contributed by atoms with Crippen molar-refractivity contribution in [1.29, 1.82) is 0 Å². The van der Waals surface area contributed by atoms with Crippen molar-refractivity contribution in [1.82, 2.24) is 4.98 Å². The van der Waals surface area contributed by atoms with Gasteiger partial charge >= 0.3 is 5.97 Å². The van der Waals surface area contributed by atoms with Gasteiger partial charge < -0.3 is 10.1 Å². The molecule has 0 fully saturated rings. The first-order valence-electron chi connectivity index (χ1n) is 8.07. The molecule has 3 rings (SSSR count). The van der Waals surface area contributed by atoms with Crippen LogP contribution < -0.4 is 5.32 Å². The van der Waals surface area contributed by atoms with Crippen molar-refractivity contribution in [3.8, 4) is 0 Å². The van der Waals surface area contributed by atoms with E-state index in [2.05, 4.69) is 17.2 Å². The first-order chi connectivity index (χ1) is 12.0. The third kappa shape index (κ3) is 3.45. The zero-order valence-corrected chi connectivity index (χ0v) is 14.4. The van der Waals surface area contributed by atoms with Crippen LogP contribution in [0.2, 0.25) is 0 Å². The van der Waals surface area contributed by atoms with Crippen LogP contribution in [0, 0.1) is 12.7 Å². The zero-order chi connectivity index (χ0) is 18.0. The Bertz CT molecular complexity index is 954. The molecule has 4 nitrogen and oxygen atoms in total. The van der Waals surface area contributed by atoms with Crippen molar-refractivity contribution >= 4 is 28.2 Å². The normalized spacial score (nSPS) is 10.7. The fourth-order valence-corrected chi connectivity index (χ4v) is 2.63. The van der Waals surface area contributed by atoms with E-state index in [1.54, 1.807) is 25.1 Å². The molecule has 2 aromatic carbocycles. The Kier molecular flexibility index (Phi) is 4.65. The molecule has 5 heteroatoms. The number of pyridine rings is 1. The maximum absolute atomic E-state index is 13.9. The van der Waals surface area contributed by atoms with Crippen LogP contribution in [0.25, 0.3) is 10.9 Å². The van der Waals surface area contributed by atoms with Gasteiger partial charge in [0.15, 0.2) is 5.69 Å². The number of esters is 1. The second kappa shape index (κ2) is 6.89. The van der Waals surface area contributed by atoms with E-state index in [9.17, 15) is 9.18 Å². The van der Waals surface area contributed by atoms with Gasteiger partial charge in [-0.2, -0.15) is 0 Å². The van der Waals surface area contributed by atoms with Crippen LogP contribution in [0.3, 0.4) is 0 Å². The molecule has 1 heterocycles. The number of fused-ring (bicyclic) bond motifs is 1. The number of nitrogens with one attached hydrogen (secondary N) is 1. The molecular weight excluding hydrogens is 319 g/mol. The van der Waals surface area contributed by atoms with Gasteiger partial charge in [0.05, 0.1) is 18.3 Å². The summed E-state index contributed by atoms with van der Waals surface area (Å²) in [5.41, 5.74) is 3.90. The van der Waals surface area contributed by atoms with Gasteiger partial charge in [-0.15, -0.1) is 0 Å². The van der Waals surface area contributed by atoms with Crippen LogP contribution in [0.4, 0.5) is 15.8 Å². The molecule has 0 radical (unpaired) electrons. The standard InChI is InChI=1S/C20H19FN2O2/c1-4-13-6-8-17-15(9-13)18(11-19(23-17)20(24)25-3)22-14-7-5-12(2)16(21)10-14/h5-11H,4H2,1-3H3,(H,22,23). The number of carbonyl (C=O) groups excluding carboxylic acids is 1. The first kappa shape index (κ1) is 16.9. The minimum absolute atomic E-state index is 0.203. The number of rotatable bonds is 4. The summed E-state index contributed by atoms with van der Waals surface area (Å²) < 4.78 is 18.6. The highest BCUT2D eigenvalue weighted by Crippen LogP contribution is 2.28. The minimum atomic E-state index is -0.514. The van der Waals surface area contributed by atoms with Crippen LogP contribution in [0.5, 0.6) is 0 Å². The number of benzene rings is 2. The highest BCUT2D eigenvalue weighted by molar-refractivity contribution is 5.99. The van der Waals surface area contributed by atoms with Gasteiger partial charge in [-0.1, -0.05) is 19.1 Å². The molecule has 0 saturated heterocycles. The van der Waals surface area contributed by atoms with E-state index in [0.717, 1.165) is 17.4 Å². The van der Waals surface area contributed by atoms with Crippen molar-refractivity contribution in [2.75, 3.05) is 12.4 Å². The monoisotopic (exact) mass is 338 g/mol. The molecule has 0 amide bonds. The third-order valence-corrected chi connectivity index (χ3v) is 4.13. The SMILES string of the molecule is CCc1ccc2nc(C(=O)OC)cc(Nc3ccc(C)c(F)c3)c2c1. The maximum Gasteiger partial charge on any atom is 0.356 e. The fraction of sp³-hybridized carbons (Fsp3) is 0.200. The lowest BCUT2D eigenvalue weighted by Crippen LogP contribution is -2.06. The second-order valence-electron chi connectivity index (χ2n) is 5.84. The summed E-state index contributed by atoms with van der Waals surface area (Å²) in [5.74, 6) is -0.801. The summed E-state index contributed by atoms with van der Waals surface area (Å²) >= 11 is 0. The summed E-state index contributed by atoms with van der Waals surface area (Å²) in [6, 6.07) is 12.4. The summed E-state index contributed by atoms with van der Waals surface area (Å²) in [7, 11) is 1.32. The molecule has 3 aromatic rings. The van der Waals surface area contributed by atoms with Crippen LogP contribution >= 0.6 is 0 Å². The molecule has 0 saturated carbocycles. The molecule has 0 spiro atoms. The third-order valence-electron chi connectivity index (χ3n) is 4.13. The zero-order valence-electron chi connectivity index (χ0n) is 14.4. The van der Waals surface area contributed by atoms with Crippen LogP contribution in [-0.4, -0.2) is 18.1 Å². The lowest BCUT2D eigenvalue weighted by molar-refractivity contribution is 0.0594. The average Bonchev–Trinajstić information content (AvgIpc) is 2.63. The van der Waals surface area contributed by atoms with Crippen LogP contribution in [0.1, 0.15) is 28.5 Å². The van der Waals surface area contributed by atoms with Gasteiger partial charge in [0, 0.05) is 11.1 Å². The van der Waals surface area contributed by atoms with Crippen LogP contribution in [-0.2, 0) is 11.2 Å². The van der Waals surface area contributed by atoms with Gasteiger partial charge in [-0.3, -0.25) is 0 Å². The Morgan fingerprint density at radius 3 is 2.68 bits per heavy atom. The lowest BCUT2D eigenvalue weighted by atomic mass is 10.1. The van der Waals surface area contributed by atoms with Gasteiger partial charge in [0.1, 0.15) is 5.82 Å². The number of hydrogen-bond acceptors (Lipinski definition) is 4. The number of halogens is 1. The minimum Gasteiger partial charge on any atom is -0.464 e. The average molecular weight is 338 g/mol. The van der Waals surface area contributed by atoms with Crippen molar-refractivity contribution in [3.63, 3.8) is 0 Å². The molecule has 1 N–H and O–H groups in total. The smallest absolute Gasteiger partial charge is 0.356 e. The number of methoxy groups -OCH3 is 1. The van der Waals surface area contributed by atoms with Gasteiger partial charge in [-0.25, -0.2) is 14.2 Å². The van der Waals surface area contributed by atoms with Gasteiger partial charge in [-0.05, 0) is 54.8 Å². The highest BCUT2D eigenvalue weighted by Gasteiger charge is 2.13. The van der Waals surface area contributed by atoms with Gasteiger partial charge in [0.2, 0.25) is 0 Å². The van der Waals surface area contributed by atoms with E-state index >= 15 is 0 Å². The molecular formula is C20H19FN2O2. The molecule has 0 aliphatic carbocycles. The van der Waals surface area contributed by atoms with E-state index in [1.807, 2.05) is 18.2 Å². The quantitative estimate of drug-likeness (QED) is 0.696. The Morgan fingerprint density at radius 2 is 2.00 bits per heavy atom. The number of aromatic nitrogens is 1. The first-order valence-corrected chi connectivity index (χ1v) is 8.07. The van der Waals surface area contributed by atoms with Gasteiger partial charge in [0.25, 0.3) is 0 Å². The Labute approximate surface area is 145 Å². The highest BCUT2D eigenvalue weighted by atomic mass is 19.1. The Hall–Kier alpha value is -2.95. The number of nitrogens with zero attached hydrogens (tertiary/aromatic N) is 1. The Balaban J connectivity index is 2.14. The molecule has 0 atom stereocenters. The molecule has 25 heavy (non-hydrogen) atoms. The number of hydrogen-bond donors (Lipinski definition) is 1. The van der Waals surface area contributed by atoms with Crippen LogP contribution in [0.15, 0.2) is 42.5 Å². The van der Waals surface area contributed by atoms with E-state index in [4.69, 9.17) is 4.74 Å². The summed E-state index contributed by atoms with van der Waals surface area (Å²) in [6.07, 6.45) is 0.882. The molecule has 1 aromatic heterocycles. The topological polar surface area (TPSA) is 51.2 Å². The molecule has 0 unspecified atom stereocenters. The lowest BCUT2D eigenvalue weighted by Gasteiger charge is -2.13. The number of ether oxygens (including phenoxy) is 1. The Morgan fingerprint density at radius 1 is 1.20 bits per heavy atom. The molecule has 0 bridgehead atoms. The van der Waals surface area contributed by atoms with E-state index in [-0.39, 0.29) is 11.5 Å². The van der Waals surface area contributed by atoms with Crippen molar-refractivity contribution in [3.05, 3.63) is 65.1 Å². The predicted octanol–water partition coefficient (Wildman–Crippen LogP) is 4.77. The molecule has 0 aliphatic rings. The summed E-state index contributed by atoms with van der Waals surface area (Å²) in [6.45, 7) is 3.78. The second-order valence-corrected chi connectivity index (χ2v) is 5.84. The molecule has 128 valence electrons. The summed E-state index contributed by atoms with van der Waals surface area (Å²) in [5, 5.41) is 4.07. The van der Waals surface area contributed by atoms with Crippen molar-refractivity contribution in [2.24, 2.45) is 0 Å². The number of aryl methyl sites for hydroxylation is 2. The van der Waals surface area contributed by atoms with E-state index in [0.29, 0.717) is 22.5 Å². The predicted molar refractivity (Wildman–Crippen MR) is 96.9 cm³/mol. The van der Waals surface area contributed by atoms with E-state index in [1.165, 1.54) is 13.2 Å². The van der Waals surface area contributed by atoms with Crippen molar-refractivity contribution in [2.45, 2.75) is 20.3 Å². The molecule has 0 aliphatic heterocycles. The van der Waals surface area contributed by atoms with E-state index < -0.39 is 5.97 Å². The maximum atomic E-state index is 13.9. The fourth-order valence-electron chi connectivity index (χ4n) is 2.63. The number of anilines is 2. The number of carbonyl (C=O) groups is 1. The van der Waals surface area contributed by atoms with Crippen molar-refractivity contribution < 1.29 is 13.9 Å². The largest absolute Gasteiger partial charge is 0.464 e.